The minimum Gasteiger partial charge on any atom is -0.371 e. The quantitative estimate of drug-likeness (QED) is 0.640. The van der Waals surface area contributed by atoms with Crippen LogP contribution < -0.4 is 10.2 Å². The topological polar surface area (TPSA) is 35.6 Å². The van der Waals surface area contributed by atoms with E-state index in [1.54, 1.807) is 0 Å². The van der Waals surface area contributed by atoms with Crippen molar-refractivity contribution < 1.29 is 4.79 Å². The molecular formula is C28H39N3O. The summed E-state index contributed by atoms with van der Waals surface area (Å²) < 4.78 is 0. The monoisotopic (exact) mass is 433 g/mol. The number of anilines is 1. The Morgan fingerprint density at radius 1 is 0.938 bits per heavy atom. The molecule has 2 aromatic carbocycles. The van der Waals surface area contributed by atoms with Crippen LogP contribution in [0, 0.1) is 11.8 Å². The van der Waals surface area contributed by atoms with Gasteiger partial charge in [0.25, 0.3) is 5.91 Å². The van der Waals surface area contributed by atoms with Crippen LogP contribution in [0.5, 0.6) is 0 Å². The normalized spacial score (nSPS) is 21.3. The van der Waals surface area contributed by atoms with Gasteiger partial charge in [0.1, 0.15) is 0 Å². The number of benzene rings is 2. The fourth-order valence-corrected chi connectivity index (χ4v) is 5.00. The molecule has 0 spiro atoms. The Morgan fingerprint density at radius 2 is 1.62 bits per heavy atom. The van der Waals surface area contributed by atoms with Gasteiger partial charge >= 0.3 is 0 Å². The maximum atomic E-state index is 12.8. The molecule has 2 saturated heterocycles. The second-order valence-corrected chi connectivity index (χ2v) is 10.1. The third-order valence-corrected chi connectivity index (χ3v) is 7.26. The van der Waals surface area contributed by atoms with Crippen LogP contribution in [0.2, 0.25) is 0 Å². The van der Waals surface area contributed by atoms with E-state index in [1.165, 1.54) is 50.0 Å². The molecule has 2 unspecified atom stereocenters. The lowest BCUT2D eigenvalue weighted by Crippen LogP contribution is -2.34. The first-order chi connectivity index (χ1) is 15.5. The van der Waals surface area contributed by atoms with Crippen molar-refractivity contribution in [2.45, 2.75) is 59.0 Å². The number of amides is 1. The van der Waals surface area contributed by atoms with Gasteiger partial charge < -0.3 is 10.2 Å². The van der Waals surface area contributed by atoms with Crippen molar-refractivity contribution in [3.05, 3.63) is 65.2 Å². The molecular weight excluding hydrogens is 394 g/mol. The van der Waals surface area contributed by atoms with Crippen LogP contribution >= 0.6 is 0 Å². The number of carbonyl (C=O) groups excluding carboxylic acids is 1. The minimum atomic E-state index is -0.0214. The zero-order valence-corrected chi connectivity index (χ0v) is 20.0. The summed E-state index contributed by atoms with van der Waals surface area (Å²) in [5, 5.41) is 3.16. The Bertz CT molecular complexity index is 869. The van der Waals surface area contributed by atoms with Gasteiger partial charge in [0.05, 0.1) is 6.04 Å². The molecule has 32 heavy (non-hydrogen) atoms. The fraction of sp³-hybridized carbons (Fsp3) is 0.536. The van der Waals surface area contributed by atoms with E-state index in [0.29, 0.717) is 0 Å². The molecule has 4 heteroatoms. The molecule has 1 amide bonds. The Labute approximate surface area is 194 Å². The number of piperidine rings is 2. The van der Waals surface area contributed by atoms with E-state index in [-0.39, 0.29) is 11.9 Å². The van der Waals surface area contributed by atoms with E-state index in [4.69, 9.17) is 0 Å². The molecule has 2 aromatic rings. The smallest absolute Gasteiger partial charge is 0.251 e. The highest BCUT2D eigenvalue weighted by Gasteiger charge is 2.18. The van der Waals surface area contributed by atoms with E-state index in [9.17, 15) is 4.79 Å². The predicted octanol–water partition coefficient (Wildman–Crippen LogP) is 5.65. The van der Waals surface area contributed by atoms with E-state index >= 15 is 0 Å². The lowest BCUT2D eigenvalue weighted by atomic mass is 9.98. The van der Waals surface area contributed by atoms with Crippen LogP contribution in [0.4, 0.5) is 5.69 Å². The number of carbonyl (C=O) groups is 1. The summed E-state index contributed by atoms with van der Waals surface area (Å²) >= 11 is 0. The van der Waals surface area contributed by atoms with Gasteiger partial charge in [-0.3, -0.25) is 9.69 Å². The zero-order chi connectivity index (χ0) is 22.5. The zero-order valence-electron chi connectivity index (χ0n) is 20.0. The summed E-state index contributed by atoms with van der Waals surface area (Å²) in [5.74, 6) is 1.60. The van der Waals surface area contributed by atoms with E-state index < -0.39 is 0 Å². The first-order valence-corrected chi connectivity index (χ1v) is 12.4. The molecule has 2 aliphatic heterocycles. The Hall–Kier alpha value is -2.33. The van der Waals surface area contributed by atoms with Crippen molar-refractivity contribution in [1.82, 2.24) is 10.2 Å². The maximum absolute atomic E-state index is 12.8. The highest BCUT2D eigenvalue weighted by atomic mass is 16.1. The summed E-state index contributed by atoms with van der Waals surface area (Å²) in [4.78, 5) is 17.8. The third kappa shape index (κ3) is 5.92. The molecule has 0 saturated carbocycles. The molecule has 2 atom stereocenters. The molecule has 4 rings (SSSR count). The minimum absolute atomic E-state index is 0.00946. The molecule has 172 valence electrons. The number of nitrogens with one attached hydrogen (secondary N) is 1. The van der Waals surface area contributed by atoms with E-state index in [1.807, 2.05) is 12.1 Å². The molecule has 2 heterocycles. The second kappa shape index (κ2) is 10.5. The first-order valence-electron chi connectivity index (χ1n) is 12.4. The van der Waals surface area contributed by atoms with Crippen LogP contribution in [0.15, 0.2) is 48.5 Å². The van der Waals surface area contributed by atoms with Crippen molar-refractivity contribution in [1.29, 1.82) is 0 Å². The summed E-state index contributed by atoms with van der Waals surface area (Å²) in [5.41, 5.74) is 4.44. The standard InChI is InChI=1S/C28H39N3O/c1-21-14-17-30(18-15-21)20-24-6-8-26(9-7-24)28(32)29-23(3)25-10-12-27(13-11-25)31-16-4-5-22(2)19-31/h6-13,21-23H,4-5,14-20H2,1-3H3,(H,29,32). The van der Waals surface area contributed by atoms with Crippen LogP contribution in [-0.4, -0.2) is 37.0 Å². The SMILES string of the molecule is CC1CCN(Cc2ccc(C(=O)NC(C)c3ccc(N4CCCC(C)C4)cc3)cc2)CC1. The van der Waals surface area contributed by atoms with Gasteiger partial charge in [0, 0.05) is 30.9 Å². The van der Waals surface area contributed by atoms with Crippen molar-refractivity contribution >= 4 is 11.6 Å². The van der Waals surface area contributed by atoms with Gasteiger partial charge in [0.2, 0.25) is 0 Å². The van der Waals surface area contributed by atoms with E-state index in [2.05, 4.69) is 72.3 Å². The third-order valence-electron chi connectivity index (χ3n) is 7.26. The van der Waals surface area contributed by atoms with Crippen molar-refractivity contribution in [3.8, 4) is 0 Å². The van der Waals surface area contributed by atoms with Crippen LogP contribution in [0.3, 0.4) is 0 Å². The molecule has 2 aliphatic rings. The number of hydrogen-bond donors (Lipinski definition) is 1. The van der Waals surface area contributed by atoms with Crippen molar-refractivity contribution in [2.75, 3.05) is 31.1 Å². The molecule has 0 aromatic heterocycles. The number of nitrogens with zero attached hydrogens (tertiary/aromatic N) is 2. The largest absolute Gasteiger partial charge is 0.371 e. The predicted molar refractivity (Wildman–Crippen MR) is 133 cm³/mol. The highest BCUT2D eigenvalue weighted by Crippen LogP contribution is 2.25. The highest BCUT2D eigenvalue weighted by molar-refractivity contribution is 5.94. The maximum Gasteiger partial charge on any atom is 0.251 e. The molecule has 0 bridgehead atoms. The van der Waals surface area contributed by atoms with Gasteiger partial charge in [0.15, 0.2) is 0 Å². The number of likely N-dealkylation sites (tertiary alicyclic amines) is 1. The fourth-order valence-electron chi connectivity index (χ4n) is 5.00. The Morgan fingerprint density at radius 3 is 2.28 bits per heavy atom. The number of rotatable bonds is 6. The average molecular weight is 434 g/mol. The summed E-state index contributed by atoms with van der Waals surface area (Å²) in [6.45, 7) is 12.3. The second-order valence-electron chi connectivity index (χ2n) is 10.1. The molecule has 2 fully saturated rings. The lowest BCUT2D eigenvalue weighted by molar-refractivity contribution is 0.0940. The molecule has 0 aliphatic carbocycles. The summed E-state index contributed by atoms with van der Waals surface area (Å²) in [6.07, 6.45) is 5.18. The molecule has 0 radical (unpaired) electrons. The Balaban J connectivity index is 1.30. The summed E-state index contributed by atoms with van der Waals surface area (Å²) in [6, 6.07) is 16.8. The summed E-state index contributed by atoms with van der Waals surface area (Å²) in [7, 11) is 0. The van der Waals surface area contributed by atoms with Gasteiger partial charge in [-0.15, -0.1) is 0 Å². The van der Waals surface area contributed by atoms with Gasteiger partial charge in [-0.2, -0.15) is 0 Å². The van der Waals surface area contributed by atoms with Gasteiger partial charge in [-0.25, -0.2) is 0 Å². The lowest BCUT2D eigenvalue weighted by Gasteiger charge is -2.33. The van der Waals surface area contributed by atoms with Crippen molar-refractivity contribution in [3.63, 3.8) is 0 Å². The Kier molecular flexibility index (Phi) is 7.51. The molecule has 1 N–H and O–H groups in total. The van der Waals surface area contributed by atoms with E-state index in [0.717, 1.165) is 42.6 Å². The average Bonchev–Trinajstić information content (AvgIpc) is 2.81. The van der Waals surface area contributed by atoms with Gasteiger partial charge in [-0.05, 0) is 92.9 Å². The van der Waals surface area contributed by atoms with Gasteiger partial charge in [-0.1, -0.05) is 38.1 Å². The van der Waals surface area contributed by atoms with Crippen LogP contribution in [0.25, 0.3) is 0 Å². The molecule has 4 nitrogen and oxygen atoms in total. The van der Waals surface area contributed by atoms with Crippen LogP contribution in [0.1, 0.15) is 74.0 Å². The number of hydrogen-bond acceptors (Lipinski definition) is 3. The first kappa shape index (κ1) is 22.8. The van der Waals surface area contributed by atoms with Crippen molar-refractivity contribution in [2.24, 2.45) is 11.8 Å². The van der Waals surface area contributed by atoms with Crippen LogP contribution in [-0.2, 0) is 6.54 Å².